The van der Waals surface area contributed by atoms with E-state index in [1.54, 1.807) is 19.2 Å². The number of anilines is 1. The van der Waals surface area contributed by atoms with Crippen LogP contribution in [0.3, 0.4) is 0 Å². The summed E-state index contributed by atoms with van der Waals surface area (Å²) in [6.45, 7) is 0.372. The van der Waals surface area contributed by atoms with Gasteiger partial charge in [0.25, 0.3) is 5.91 Å². The highest BCUT2D eigenvalue weighted by atomic mass is 16.5. The van der Waals surface area contributed by atoms with Crippen molar-refractivity contribution < 1.29 is 9.53 Å². The maximum absolute atomic E-state index is 12.3. The lowest BCUT2D eigenvalue weighted by Gasteiger charge is -2.08. The van der Waals surface area contributed by atoms with Crippen LogP contribution in [0.15, 0.2) is 48.5 Å². The number of nitrogens with one attached hydrogen (secondary N) is 1. The predicted octanol–water partition coefficient (Wildman–Crippen LogP) is 2.15. The summed E-state index contributed by atoms with van der Waals surface area (Å²) in [4.78, 5) is 20.8. The summed E-state index contributed by atoms with van der Waals surface area (Å²) in [5, 5.41) is 2.80. The molecule has 23 heavy (non-hydrogen) atoms. The molecule has 0 aliphatic rings. The molecule has 6 heteroatoms. The standard InChI is InChI=1S/C17H16N4O2/c1-23-12-8-6-11(7-9-12)10-19-17(22)15-16(18)21-14-5-3-2-4-13(14)20-15/h2-9H,10H2,1H3,(H2,18,21)(H,19,22). The number of amides is 1. The fraction of sp³-hybridized carbons (Fsp3) is 0.118. The predicted molar refractivity (Wildman–Crippen MR) is 88.1 cm³/mol. The van der Waals surface area contributed by atoms with Crippen LogP contribution in [0.2, 0.25) is 0 Å². The molecule has 0 atom stereocenters. The van der Waals surface area contributed by atoms with E-state index in [0.717, 1.165) is 11.3 Å². The first-order valence-corrected chi connectivity index (χ1v) is 7.11. The number of benzene rings is 2. The number of nitrogen functional groups attached to an aromatic ring is 1. The third kappa shape index (κ3) is 3.21. The Labute approximate surface area is 133 Å². The summed E-state index contributed by atoms with van der Waals surface area (Å²) >= 11 is 0. The van der Waals surface area contributed by atoms with E-state index >= 15 is 0 Å². The molecule has 0 bridgehead atoms. The van der Waals surface area contributed by atoms with Crippen LogP contribution in [-0.2, 0) is 6.54 Å². The normalized spacial score (nSPS) is 10.5. The van der Waals surface area contributed by atoms with Crippen molar-refractivity contribution in [2.75, 3.05) is 12.8 Å². The summed E-state index contributed by atoms with van der Waals surface area (Å²) in [5.74, 6) is 0.539. The molecule has 0 spiro atoms. The van der Waals surface area contributed by atoms with Gasteiger partial charge in [0.2, 0.25) is 0 Å². The molecule has 1 heterocycles. The van der Waals surface area contributed by atoms with E-state index in [0.29, 0.717) is 17.6 Å². The number of carbonyl (C=O) groups is 1. The zero-order valence-electron chi connectivity index (χ0n) is 12.6. The van der Waals surface area contributed by atoms with Crippen LogP contribution in [0.5, 0.6) is 5.75 Å². The maximum atomic E-state index is 12.3. The number of nitrogens with zero attached hydrogens (tertiary/aromatic N) is 2. The molecular formula is C17H16N4O2. The van der Waals surface area contributed by atoms with Crippen molar-refractivity contribution in [3.8, 4) is 5.75 Å². The first-order valence-electron chi connectivity index (χ1n) is 7.11. The zero-order chi connectivity index (χ0) is 16.2. The second-order valence-electron chi connectivity index (χ2n) is 4.98. The Hall–Kier alpha value is -3.15. The number of nitrogens with two attached hydrogens (primary N) is 1. The van der Waals surface area contributed by atoms with Crippen LogP contribution in [-0.4, -0.2) is 23.0 Å². The van der Waals surface area contributed by atoms with E-state index in [1.807, 2.05) is 36.4 Å². The quantitative estimate of drug-likeness (QED) is 0.770. The fourth-order valence-electron chi connectivity index (χ4n) is 2.19. The van der Waals surface area contributed by atoms with Crippen molar-refractivity contribution >= 4 is 22.8 Å². The maximum Gasteiger partial charge on any atom is 0.274 e. The first kappa shape index (κ1) is 14.8. The Morgan fingerprint density at radius 1 is 1.09 bits per heavy atom. The Morgan fingerprint density at radius 2 is 1.74 bits per heavy atom. The van der Waals surface area contributed by atoms with E-state index in [4.69, 9.17) is 10.5 Å². The lowest BCUT2D eigenvalue weighted by Crippen LogP contribution is -2.25. The van der Waals surface area contributed by atoms with Crippen LogP contribution in [0.4, 0.5) is 5.82 Å². The number of fused-ring (bicyclic) bond motifs is 1. The molecule has 0 unspecified atom stereocenters. The zero-order valence-corrected chi connectivity index (χ0v) is 12.6. The Balaban J connectivity index is 1.76. The van der Waals surface area contributed by atoms with Crippen molar-refractivity contribution in [1.29, 1.82) is 0 Å². The minimum atomic E-state index is -0.350. The van der Waals surface area contributed by atoms with Gasteiger partial charge in [-0.05, 0) is 29.8 Å². The summed E-state index contributed by atoms with van der Waals surface area (Å²) in [6.07, 6.45) is 0. The molecule has 0 aliphatic heterocycles. The lowest BCUT2D eigenvalue weighted by molar-refractivity contribution is 0.0947. The van der Waals surface area contributed by atoms with Crippen LogP contribution in [0, 0.1) is 0 Å². The number of para-hydroxylation sites is 2. The smallest absolute Gasteiger partial charge is 0.274 e. The topological polar surface area (TPSA) is 90.1 Å². The number of rotatable bonds is 4. The molecule has 1 amide bonds. The molecule has 1 aromatic heterocycles. The van der Waals surface area contributed by atoms with Crippen LogP contribution >= 0.6 is 0 Å². The van der Waals surface area contributed by atoms with Crippen LogP contribution < -0.4 is 15.8 Å². The van der Waals surface area contributed by atoms with Gasteiger partial charge < -0.3 is 15.8 Å². The molecule has 0 aliphatic carbocycles. The molecule has 3 aromatic rings. The van der Waals surface area contributed by atoms with Crippen molar-refractivity contribution in [3.63, 3.8) is 0 Å². The number of aromatic nitrogens is 2. The van der Waals surface area contributed by atoms with Crippen LogP contribution in [0.1, 0.15) is 16.1 Å². The van der Waals surface area contributed by atoms with Gasteiger partial charge in [-0.25, -0.2) is 9.97 Å². The number of carbonyl (C=O) groups excluding carboxylic acids is 1. The SMILES string of the molecule is COc1ccc(CNC(=O)c2nc3ccccc3nc2N)cc1. The average Bonchev–Trinajstić information content (AvgIpc) is 2.59. The Morgan fingerprint density at radius 3 is 2.39 bits per heavy atom. The highest BCUT2D eigenvalue weighted by Crippen LogP contribution is 2.15. The summed E-state index contributed by atoms with van der Waals surface area (Å²) in [7, 11) is 1.61. The average molecular weight is 308 g/mol. The van der Waals surface area contributed by atoms with Gasteiger partial charge in [0, 0.05) is 6.54 Å². The first-order chi connectivity index (χ1) is 11.2. The molecule has 0 radical (unpaired) electrons. The number of methoxy groups -OCH3 is 1. The third-order valence-electron chi connectivity index (χ3n) is 3.42. The number of ether oxygens (including phenoxy) is 1. The Kier molecular flexibility index (Phi) is 4.05. The summed E-state index contributed by atoms with van der Waals surface area (Å²) < 4.78 is 5.10. The molecule has 0 saturated heterocycles. The van der Waals surface area contributed by atoms with Gasteiger partial charge in [-0.3, -0.25) is 4.79 Å². The molecule has 0 saturated carbocycles. The minimum Gasteiger partial charge on any atom is -0.497 e. The van der Waals surface area contributed by atoms with Crippen molar-refractivity contribution in [2.45, 2.75) is 6.54 Å². The molecule has 3 N–H and O–H groups in total. The monoisotopic (exact) mass is 308 g/mol. The number of hydrogen-bond acceptors (Lipinski definition) is 5. The van der Waals surface area contributed by atoms with Crippen molar-refractivity contribution in [2.24, 2.45) is 0 Å². The van der Waals surface area contributed by atoms with E-state index < -0.39 is 0 Å². The minimum absolute atomic E-state index is 0.121. The molecule has 3 rings (SSSR count). The summed E-state index contributed by atoms with van der Waals surface area (Å²) in [6, 6.07) is 14.7. The second kappa shape index (κ2) is 6.31. The number of hydrogen-bond donors (Lipinski definition) is 2. The van der Waals surface area contributed by atoms with Gasteiger partial charge in [0.05, 0.1) is 18.1 Å². The Bertz CT molecular complexity index is 847. The second-order valence-corrected chi connectivity index (χ2v) is 4.98. The van der Waals surface area contributed by atoms with Gasteiger partial charge in [0.15, 0.2) is 11.5 Å². The highest BCUT2D eigenvalue weighted by Gasteiger charge is 2.14. The van der Waals surface area contributed by atoms with E-state index in [2.05, 4.69) is 15.3 Å². The van der Waals surface area contributed by atoms with Gasteiger partial charge in [-0.15, -0.1) is 0 Å². The van der Waals surface area contributed by atoms with Crippen LogP contribution in [0.25, 0.3) is 11.0 Å². The van der Waals surface area contributed by atoms with Gasteiger partial charge in [-0.1, -0.05) is 24.3 Å². The molecular weight excluding hydrogens is 292 g/mol. The van der Waals surface area contributed by atoms with E-state index in [-0.39, 0.29) is 17.4 Å². The molecule has 2 aromatic carbocycles. The van der Waals surface area contributed by atoms with Gasteiger partial charge in [0.1, 0.15) is 5.75 Å². The summed E-state index contributed by atoms with van der Waals surface area (Å²) in [5.41, 5.74) is 8.23. The van der Waals surface area contributed by atoms with Crippen molar-refractivity contribution in [1.82, 2.24) is 15.3 Å². The van der Waals surface area contributed by atoms with E-state index in [9.17, 15) is 4.79 Å². The third-order valence-corrected chi connectivity index (χ3v) is 3.42. The molecule has 116 valence electrons. The lowest BCUT2D eigenvalue weighted by atomic mass is 10.2. The van der Waals surface area contributed by atoms with E-state index in [1.165, 1.54) is 0 Å². The van der Waals surface area contributed by atoms with Gasteiger partial charge in [-0.2, -0.15) is 0 Å². The fourth-order valence-corrected chi connectivity index (χ4v) is 2.19. The van der Waals surface area contributed by atoms with Crippen molar-refractivity contribution in [3.05, 3.63) is 59.8 Å². The highest BCUT2D eigenvalue weighted by molar-refractivity contribution is 5.98. The largest absolute Gasteiger partial charge is 0.497 e. The molecule has 6 nitrogen and oxygen atoms in total. The molecule has 0 fully saturated rings. The van der Waals surface area contributed by atoms with Gasteiger partial charge >= 0.3 is 0 Å².